The Balaban J connectivity index is 2.30. The summed E-state index contributed by atoms with van der Waals surface area (Å²) in [4.78, 5) is 12.1. The number of carbonyl (C=O) groups excluding carboxylic acids is 1. The minimum atomic E-state index is -1.01. The van der Waals surface area contributed by atoms with Crippen LogP contribution in [-0.2, 0) is 0 Å². The van der Waals surface area contributed by atoms with E-state index in [1.807, 2.05) is 12.1 Å². The molecule has 0 N–H and O–H groups in total. The van der Waals surface area contributed by atoms with Gasteiger partial charge in [-0.05, 0) is 29.7 Å². The molecule has 0 aliphatic carbocycles. The van der Waals surface area contributed by atoms with Gasteiger partial charge in [0, 0.05) is 11.1 Å². The molecule has 0 aromatic heterocycles. The summed E-state index contributed by atoms with van der Waals surface area (Å²) in [5.41, 5.74) is 1.74. The van der Waals surface area contributed by atoms with Crippen LogP contribution in [-0.4, -0.2) is 5.78 Å². The fourth-order valence-corrected chi connectivity index (χ4v) is 1.82. The molecule has 0 saturated carbocycles. The zero-order chi connectivity index (χ0) is 14.0. The molecule has 0 bridgehead atoms. The standard InChI is InChI=1S/C16H14F2O/c1-10(2)11-3-5-12(6-4-11)16(19)13-7-8-14(17)15(18)9-13/h3-10H,1-2H3. The van der Waals surface area contributed by atoms with Crippen molar-refractivity contribution in [3.8, 4) is 0 Å². The Hall–Kier alpha value is -2.03. The largest absolute Gasteiger partial charge is 0.289 e. The quantitative estimate of drug-likeness (QED) is 0.751. The van der Waals surface area contributed by atoms with Crippen molar-refractivity contribution >= 4 is 5.78 Å². The average Bonchev–Trinajstić information content (AvgIpc) is 2.41. The Kier molecular flexibility index (Phi) is 3.74. The van der Waals surface area contributed by atoms with Gasteiger partial charge in [0.15, 0.2) is 17.4 Å². The molecule has 0 spiro atoms. The van der Waals surface area contributed by atoms with Crippen LogP contribution in [0, 0.1) is 11.6 Å². The van der Waals surface area contributed by atoms with Crippen LogP contribution in [0.2, 0.25) is 0 Å². The van der Waals surface area contributed by atoms with Gasteiger partial charge in [0.1, 0.15) is 0 Å². The van der Waals surface area contributed by atoms with Crippen LogP contribution >= 0.6 is 0 Å². The molecule has 98 valence electrons. The molecule has 0 fully saturated rings. The third-order valence-electron chi connectivity index (χ3n) is 3.02. The molecule has 2 rings (SSSR count). The Morgan fingerprint density at radius 1 is 0.895 bits per heavy atom. The second-order valence-electron chi connectivity index (χ2n) is 4.73. The Morgan fingerprint density at radius 3 is 2.00 bits per heavy atom. The number of halogens is 2. The lowest BCUT2D eigenvalue weighted by Gasteiger charge is -2.06. The van der Waals surface area contributed by atoms with Gasteiger partial charge in [0.25, 0.3) is 0 Å². The lowest BCUT2D eigenvalue weighted by atomic mass is 9.98. The highest BCUT2D eigenvalue weighted by Gasteiger charge is 2.12. The molecule has 0 aliphatic rings. The number of rotatable bonds is 3. The Labute approximate surface area is 110 Å². The minimum absolute atomic E-state index is 0.149. The molecule has 3 heteroatoms. The number of benzene rings is 2. The van der Waals surface area contributed by atoms with E-state index < -0.39 is 11.6 Å². The van der Waals surface area contributed by atoms with Crippen LogP contribution in [0.5, 0.6) is 0 Å². The average molecular weight is 260 g/mol. The van der Waals surface area contributed by atoms with E-state index in [0.29, 0.717) is 11.5 Å². The second-order valence-corrected chi connectivity index (χ2v) is 4.73. The van der Waals surface area contributed by atoms with E-state index in [2.05, 4.69) is 13.8 Å². The highest BCUT2D eigenvalue weighted by Crippen LogP contribution is 2.18. The maximum Gasteiger partial charge on any atom is 0.193 e. The molecule has 0 unspecified atom stereocenters. The van der Waals surface area contributed by atoms with Crippen molar-refractivity contribution in [1.82, 2.24) is 0 Å². The van der Waals surface area contributed by atoms with E-state index >= 15 is 0 Å². The van der Waals surface area contributed by atoms with Gasteiger partial charge in [-0.2, -0.15) is 0 Å². The van der Waals surface area contributed by atoms with Crippen LogP contribution in [0.15, 0.2) is 42.5 Å². The van der Waals surface area contributed by atoms with Gasteiger partial charge in [-0.25, -0.2) is 8.78 Å². The summed E-state index contributed by atoms with van der Waals surface area (Å²) in [6, 6.07) is 10.3. The van der Waals surface area contributed by atoms with Crippen molar-refractivity contribution in [2.75, 3.05) is 0 Å². The molecule has 1 nitrogen and oxygen atoms in total. The predicted molar refractivity (Wildman–Crippen MR) is 70.3 cm³/mol. The second kappa shape index (κ2) is 5.31. The van der Waals surface area contributed by atoms with Gasteiger partial charge >= 0.3 is 0 Å². The zero-order valence-electron chi connectivity index (χ0n) is 10.8. The lowest BCUT2D eigenvalue weighted by Crippen LogP contribution is -2.03. The summed E-state index contributed by atoms with van der Waals surface area (Å²) in [6.45, 7) is 4.12. The lowest BCUT2D eigenvalue weighted by molar-refractivity contribution is 0.103. The molecular formula is C16H14F2O. The molecule has 0 amide bonds. The van der Waals surface area contributed by atoms with E-state index in [1.165, 1.54) is 6.07 Å². The molecule has 0 atom stereocenters. The molecule has 2 aromatic carbocycles. The van der Waals surface area contributed by atoms with Crippen molar-refractivity contribution < 1.29 is 13.6 Å². The summed E-state index contributed by atoms with van der Waals surface area (Å²) in [5.74, 6) is -1.89. The number of ketones is 1. The first-order chi connectivity index (χ1) is 8.99. The Bertz CT molecular complexity index is 601. The normalized spacial score (nSPS) is 10.8. The first kappa shape index (κ1) is 13.4. The minimum Gasteiger partial charge on any atom is -0.289 e. The highest BCUT2D eigenvalue weighted by atomic mass is 19.2. The molecule has 0 radical (unpaired) electrons. The van der Waals surface area contributed by atoms with Gasteiger partial charge < -0.3 is 0 Å². The summed E-state index contributed by atoms with van der Waals surface area (Å²) in [7, 11) is 0. The van der Waals surface area contributed by atoms with Crippen LogP contribution in [0.25, 0.3) is 0 Å². The maximum absolute atomic E-state index is 13.1. The molecule has 2 aromatic rings. The Morgan fingerprint density at radius 2 is 1.47 bits per heavy atom. The number of hydrogen-bond acceptors (Lipinski definition) is 1. The van der Waals surface area contributed by atoms with Crippen LogP contribution in [0.1, 0.15) is 41.3 Å². The smallest absolute Gasteiger partial charge is 0.193 e. The maximum atomic E-state index is 13.1. The van der Waals surface area contributed by atoms with Gasteiger partial charge in [0.2, 0.25) is 0 Å². The number of carbonyl (C=O) groups is 1. The van der Waals surface area contributed by atoms with Crippen molar-refractivity contribution in [3.05, 3.63) is 70.8 Å². The first-order valence-corrected chi connectivity index (χ1v) is 6.08. The van der Waals surface area contributed by atoms with E-state index in [4.69, 9.17) is 0 Å². The van der Waals surface area contributed by atoms with Crippen molar-refractivity contribution in [1.29, 1.82) is 0 Å². The van der Waals surface area contributed by atoms with E-state index in [-0.39, 0.29) is 11.3 Å². The van der Waals surface area contributed by atoms with E-state index in [9.17, 15) is 13.6 Å². The van der Waals surface area contributed by atoms with Gasteiger partial charge in [-0.15, -0.1) is 0 Å². The van der Waals surface area contributed by atoms with Crippen molar-refractivity contribution in [2.45, 2.75) is 19.8 Å². The van der Waals surface area contributed by atoms with Crippen molar-refractivity contribution in [2.24, 2.45) is 0 Å². The van der Waals surface area contributed by atoms with Crippen molar-refractivity contribution in [3.63, 3.8) is 0 Å². The zero-order valence-corrected chi connectivity index (χ0v) is 10.8. The van der Waals surface area contributed by atoms with Crippen LogP contribution in [0.4, 0.5) is 8.78 Å². The van der Waals surface area contributed by atoms with Crippen LogP contribution < -0.4 is 0 Å². The fourth-order valence-electron chi connectivity index (χ4n) is 1.82. The molecule has 0 aliphatic heterocycles. The molecule has 0 saturated heterocycles. The molecule has 0 heterocycles. The SMILES string of the molecule is CC(C)c1ccc(C(=O)c2ccc(F)c(F)c2)cc1. The van der Waals surface area contributed by atoms with Gasteiger partial charge in [-0.3, -0.25) is 4.79 Å². The first-order valence-electron chi connectivity index (χ1n) is 6.08. The molecular weight excluding hydrogens is 246 g/mol. The summed E-state index contributed by atoms with van der Waals surface area (Å²) in [6.07, 6.45) is 0. The summed E-state index contributed by atoms with van der Waals surface area (Å²) in [5, 5.41) is 0. The molecule has 19 heavy (non-hydrogen) atoms. The van der Waals surface area contributed by atoms with Gasteiger partial charge in [-0.1, -0.05) is 38.1 Å². The van der Waals surface area contributed by atoms with E-state index in [0.717, 1.165) is 17.7 Å². The topological polar surface area (TPSA) is 17.1 Å². The van der Waals surface area contributed by atoms with Gasteiger partial charge in [0.05, 0.1) is 0 Å². The predicted octanol–water partition coefficient (Wildman–Crippen LogP) is 4.32. The van der Waals surface area contributed by atoms with E-state index in [1.54, 1.807) is 12.1 Å². The monoisotopic (exact) mass is 260 g/mol. The van der Waals surface area contributed by atoms with Crippen LogP contribution in [0.3, 0.4) is 0 Å². The highest BCUT2D eigenvalue weighted by molar-refractivity contribution is 6.08. The summed E-state index contributed by atoms with van der Waals surface area (Å²) < 4.78 is 25.9. The summed E-state index contributed by atoms with van der Waals surface area (Å²) >= 11 is 0. The third kappa shape index (κ3) is 2.87. The fraction of sp³-hybridized carbons (Fsp3) is 0.188. The number of hydrogen-bond donors (Lipinski definition) is 0. The third-order valence-corrected chi connectivity index (χ3v) is 3.02.